The summed E-state index contributed by atoms with van der Waals surface area (Å²) in [6, 6.07) is 10.1. The van der Waals surface area contributed by atoms with Crippen LogP contribution in [-0.2, 0) is 12.8 Å². The third-order valence-electron chi connectivity index (χ3n) is 5.00. The van der Waals surface area contributed by atoms with E-state index in [1.54, 1.807) is 0 Å². The number of phenols is 1. The third-order valence-corrected chi connectivity index (χ3v) is 5.30. The highest BCUT2D eigenvalue weighted by molar-refractivity contribution is 6.32. The lowest BCUT2D eigenvalue weighted by molar-refractivity contribution is 0.337. The van der Waals surface area contributed by atoms with Crippen molar-refractivity contribution in [3.63, 3.8) is 0 Å². The summed E-state index contributed by atoms with van der Waals surface area (Å²) in [6.45, 7) is 2.69. The fourth-order valence-corrected chi connectivity index (χ4v) is 4.00. The zero-order valence-corrected chi connectivity index (χ0v) is 13.9. The Hall–Kier alpha value is -1.71. The fourth-order valence-electron chi connectivity index (χ4n) is 3.81. The maximum Gasteiger partial charge on any atom is 0.134 e. The first kappa shape index (κ1) is 14.9. The van der Waals surface area contributed by atoms with Crippen LogP contribution in [-0.4, -0.2) is 36.8 Å². The van der Waals surface area contributed by atoms with Crippen LogP contribution in [0.5, 0.6) is 11.5 Å². The highest BCUT2D eigenvalue weighted by atomic mass is 35.5. The SMILES string of the molecule is CN1CCc2cc(Cl)c(O)cc2C(c2cccc3c2CCO3)C1. The molecule has 3 nitrogen and oxygen atoms in total. The minimum atomic E-state index is 0.170. The van der Waals surface area contributed by atoms with E-state index in [1.165, 1.54) is 22.3 Å². The summed E-state index contributed by atoms with van der Waals surface area (Å²) < 4.78 is 5.73. The van der Waals surface area contributed by atoms with Crippen molar-refractivity contribution >= 4 is 11.6 Å². The van der Waals surface area contributed by atoms with Crippen LogP contribution in [0.25, 0.3) is 0 Å². The molecule has 0 aliphatic carbocycles. The average molecular weight is 330 g/mol. The Balaban J connectivity index is 1.88. The van der Waals surface area contributed by atoms with Gasteiger partial charge in [0.15, 0.2) is 0 Å². The van der Waals surface area contributed by atoms with Crippen LogP contribution >= 0.6 is 11.6 Å². The Morgan fingerprint density at radius 2 is 2.09 bits per heavy atom. The van der Waals surface area contributed by atoms with Gasteiger partial charge in [0.05, 0.1) is 11.6 Å². The molecular weight excluding hydrogens is 310 g/mol. The molecule has 0 fully saturated rings. The monoisotopic (exact) mass is 329 g/mol. The quantitative estimate of drug-likeness (QED) is 0.867. The van der Waals surface area contributed by atoms with Gasteiger partial charge in [-0.25, -0.2) is 0 Å². The van der Waals surface area contributed by atoms with Crippen molar-refractivity contribution in [2.75, 3.05) is 26.7 Å². The molecule has 120 valence electrons. The predicted octanol–water partition coefficient (Wildman–Crippen LogP) is 3.60. The van der Waals surface area contributed by atoms with Gasteiger partial charge in [0.2, 0.25) is 0 Å². The standard InChI is InChI=1S/C19H20ClNO2/c1-21-7-5-12-9-17(20)18(22)10-15(12)16(11-21)13-3-2-4-19-14(13)6-8-23-19/h2-4,9-10,16,22H,5-8,11H2,1H3. The van der Waals surface area contributed by atoms with Crippen LogP contribution in [0.4, 0.5) is 0 Å². The van der Waals surface area contributed by atoms with Crippen molar-refractivity contribution in [1.82, 2.24) is 4.90 Å². The number of fused-ring (bicyclic) bond motifs is 2. The van der Waals surface area contributed by atoms with E-state index in [9.17, 15) is 5.11 Å². The van der Waals surface area contributed by atoms with Gasteiger partial charge in [0, 0.05) is 31.0 Å². The smallest absolute Gasteiger partial charge is 0.134 e. The lowest BCUT2D eigenvalue weighted by atomic mass is 9.85. The summed E-state index contributed by atoms with van der Waals surface area (Å²) in [5, 5.41) is 10.6. The molecule has 0 saturated carbocycles. The summed E-state index contributed by atoms with van der Waals surface area (Å²) in [5.41, 5.74) is 5.06. The van der Waals surface area contributed by atoms with Crippen molar-refractivity contribution in [2.24, 2.45) is 0 Å². The first-order valence-corrected chi connectivity index (χ1v) is 8.45. The van der Waals surface area contributed by atoms with Crippen LogP contribution in [0.15, 0.2) is 30.3 Å². The molecule has 2 heterocycles. The van der Waals surface area contributed by atoms with E-state index in [4.69, 9.17) is 16.3 Å². The molecule has 4 heteroatoms. The zero-order valence-electron chi connectivity index (χ0n) is 13.2. The maximum absolute atomic E-state index is 10.1. The number of likely N-dealkylation sites (N-methyl/N-ethyl adjacent to an activating group) is 1. The second kappa shape index (κ2) is 5.73. The molecule has 23 heavy (non-hydrogen) atoms. The molecule has 0 radical (unpaired) electrons. The second-order valence-electron chi connectivity index (χ2n) is 6.49. The van der Waals surface area contributed by atoms with Crippen LogP contribution in [0.3, 0.4) is 0 Å². The molecule has 1 atom stereocenters. The Labute approximate surface area is 141 Å². The van der Waals surface area contributed by atoms with E-state index in [1.807, 2.05) is 18.2 Å². The number of hydrogen-bond acceptors (Lipinski definition) is 3. The Morgan fingerprint density at radius 3 is 2.96 bits per heavy atom. The average Bonchev–Trinajstić information content (AvgIpc) is 2.96. The molecule has 0 spiro atoms. The van der Waals surface area contributed by atoms with Gasteiger partial charge in [0.25, 0.3) is 0 Å². The highest BCUT2D eigenvalue weighted by Gasteiger charge is 2.28. The second-order valence-corrected chi connectivity index (χ2v) is 6.90. The fraction of sp³-hybridized carbons (Fsp3) is 0.368. The third kappa shape index (κ3) is 2.58. The topological polar surface area (TPSA) is 32.7 Å². The van der Waals surface area contributed by atoms with Gasteiger partial charge in [0.1, 0.15) is 11.5 Å². The summed E-state index contributed by atoms with van der Waals surface area (Å²) in [5.74, 6) is 1.41. The van der Waals surface area contributed by atoms with E-state index in [2.05, 4.69) is 24.1 Å². The molecule has 4 rings (SSSR count). The number of aromatic hydroxyl groups is 1. The molecule has 0 bridgehead atoms. The number of nitrogens with zero attached hydrogens (tertiary/aromatic N) is 1. The summed E-state index contributed by atoms with van der Waals surface area (Å²) in [4.78, 5) is 2.35. The van der Waals surface area contributed by atoms with Crippen LogP contribution in [0, 0.1) is 0 Å². The van der Waals surface area contributed by atoms with Crippen LogP contribution in [0.1, 0.15) is 28.2 Å². The molecule has 2 aromatic carbocycles. The molecule has 2 aromatic rings. The zero-order chi connectivity index (χ0) is 16.0. The first-order chi connectivity index (χ1) is 11.1. The number of ether oxygens (including phenoxy) is 1. The van der Waals surface area contributed by atoms with Crippen LogP contribution < -0.4 is 4.74 Å². The predicted molar refractivity (Wildman–Crippen MR) is 91.8 cm³/mol. The van der Waals surface area contributed by atoms with Gasteiger partial charge in [-0.15, -0.1) is 0 Å². The molecule has 1 N–H and O–H groups in total. The largest absolute Gasteiger partial charge is 0.506 e. The Kier molecular flexibility index (Phi) is 3.70. The van der Waals surface area contributed by atoms with E-state index < -0.39 is 0 Å². The van der Waals surface area contributed by atoms with E-state index in [0.29, 0.717) is 5.02 Å². The lowest BCUT2D eigenvalue weighted by Crippen LogP contribution is -2.24. The van der Waals surface area contributed by atoms with Gasteiger partial charge in [-0.3, -0.25) is 0 Å². The van der Waals surface area contributed by atoms with Crippen molar-refractivity contribution < 1.29 is 9.84 Å². The van der Waals surface area contributed by atoms with Gasteiger partial charge in [-0.1, -0.05) is 23.7 Å². The van der Waals surface area contributed by atoms with Gasteiger partial charge >= 0.3 is 0 Å². The van der Waals surface area contributed by atoms with Crippen molar-refractivity contribution in [3.8, 4) is 11.5 Å². The van der Waals surface area contributed by atoms with Gasteiger partial charge in [-0.05, 0) is 48.4 Å². The summed E-state index contributed by atoms with van der Waals surface area (Å²) in [6.07, 6.45) is 1.91. The molecule has 1 unspecified atom stereocenters. The molecule has 0 aromatic heterocycles. The molecule has 2 aliphatic rings. The Morgan fingerprint density at radius 1 is 1.22 bits per heavy atom. The van der Waals surface area contributed by atoms with Crippen molar-refractivity contribution in [2.45, 2.75) is 18.8 Å². The minimum Gasteiger partial charge on any atom is -0.506 e. The van der Waals surface area contributed by atoms with Crippen LogP contribution in [0.2, 0.25) is 5.02 Å². The van der Waals surface area contributed by atoms with E-state index in [0.717, 1.165) is 38.3 Å². The Bertz CT molecular complexity index is 759. The number of phenolic OH excluding ortho intramolecular Hbond substituents is 1. The van der Waals surface area contributed by atoms with E-state index >= 15 is 0 Å². The summed E-state index contributed by atoms with van der Waals surface area (Å²) >= 11 is 6.14. The first-order valence-electron chi connectivity index (χ1n) is 8.08. The molecule has 2 aliphatic heterocycles. The molecule has 0 saturated heterocycles. The van der Waals surface area contributed by atoms with Gasteiger partial charge < -0.3 is 14.7 Å². The number of hydrogen-bond donors (Lipinski definition) is 1. The van der Waals surface area contributed by atoms with E-state index in [-0.39, 0.29) is 11.7 Å². The lowest BCUT2D eigenvalue weighted by Gasteiger charge is -2.24. The highest BCUT2D eigenvalue weighted by Crippen LogP contribution is 2.40. The van der Waals surface area contributed by atoms with Crippen molar-refractivity contribution in [3.05, 3.63) is 57.6 Å². The molecular formula is C19H20ClNO2. The van der Waals surface area contributed by atoms with Crippen molar-refractivity contribution in [1.29, 1.82) is 0 Å². The summed E-state index contributed by atoms with van der Waals surface area (Å²) in [7, 11) is 2.15. The minimum absolute atomic E-state index is 0.170. The van der Waals surface area contributed by atoms with Gasteiger partial charge in [-0.2, -0.15) is 0 Å². The number of halogens is 1. The molecule has 0 amide bonds. The number of rotatable bonds is 1. The normalized spacial score (nSPS) is 20.5. The number of benzene rings is 2. The maximum atomic E-state index is 10.1.